The van der Waals surface area contributed by atoms with Crippen LogP contribution in [0, 0.1) is 17.2 Å². The molecule has 0 radical (unpaired) electrons. The van der Waals surface area contributed by atoms with Crippen molar-refractivity contribution in [1.82, 2.24) is 19.5 Å². The Labute approximate surface area is 147 Å². The molecule has 2 aromatic rings. The second-order valence-corrected chi connectivity index (χ2v) is 6.37. The number of ether oxygens (including phenoxy) is 1. The van der Waals surface area contributed by atoms with Gasteiger partial charge in [0, 0.05) is 11.3 Å². The topological polar surface area (TPSA) is 119 Å². The summed E-state index contributed by atoms with van der Waals surface area (Å²) < 4.78 is 7.45. The number of nitrogens with two attached hydrogens (primary N) is 1. The zero-order chi connectivity index (χ0) is 17.5. The molecule has 8 nitrogen and oxygen atoms in total. The molecular formula is C14H15Cl2N5O3. The van der Waals surface area contributed by atoms with Crippen LogP contribution in [0.15, 0.2) is 12.5 Å². The van der Waals surface area contributed by atoms with Gasteiger partial charge in [-0.05, 0) is 18.5 Å². The number of rotatable bonds is 3. The quantitative estimate of drug-likeness (QED) is 0.529. The van der Waals surface area contributed by atoms with Crippen LogP contribution in [0.5, 0.6) is 0 Å². The molecule has 1 aliphatic rings. The third kappa shape index (κ3) is 2.59. The Morgan fingerprint density at radius 2 is 2.29 bits per heavy atom. The SMILES string of the molecule is C[C@H](O)[C@H]1O[C@@H](n2cnc3cnc(N)nc32)C(Cl)(C#CCl)C1CO. The van der Waals surface area contributed by atoms with Crippen LogP contribution in [0.4, 0.5) is 5.95 Å². The zero-order valence-electron chi connectivity index (χ0n) is 12.6. The maximum atomic E-state index is 9.98. The number of aliphatic hydroxyl groups excluding tert-OH is 2. The summed E-state index contributed by atoms with van der Waals surface area (Å²) in [7, 11) is 0. The lowest BCUT2D eigenvalue weighted by atomic mass is 9.87. The van der Waals surface area contributed by atoms with Crippen LogP contribution in [-0.4, -0.2) is 53.4 Å². The number of alkyl halides is 1. The molecule has 128 valence electrons. The molecule has 4 N–H and O–H groups in total. The highest BCUT2D eigenvalue weighted by Crippen LogP contribution is 2.48. The zero-order valence-corrected chi connectivity index (χ0v) is 14.1. The highest BCUT2D eigenvalue weighted by Gasteiger charge is 2.57. The van der Waals surface area contributed by atoms with E-state index in [2.05, 4.69) is 26.3 Å². The van der Waals surface area contributed by atoms with Crippen molar-refractivity contribution in [3.05, 3.63) is 12.5 Å². The highest BCUT2D eigenvalue weighted by atomic mass is 35.5. The third-order valence-electron chi connectivity index (χ3n) is 4.08. The number of nitrogen functional groups attached to an aromatic ring is 1. The molecular weight excluding hydrogens is 357 g/mol. The molecule has 3 heterocycles. The summed E-state index contributed by atoms with van der Waals surface area (Å²) in [6.07, 6.45) is 0.432. The number of fused-ring (bicyclic) bond motifs is 1. The van der Waals surface area contributed by atoms with E-state index in [-0.39, 0.29) is 12.6 Å². The summed E-state index contributed by atoms with van der Waals surface area (Å²) in [5.41, 5.74) is 6.53. The largest absolute Gasteiger partial charge is 0.396 e. The second-order valence-electron chi connectivity index (χ2n) is 5.56. The number of hydrogen-bond acceptors (Lipinski definition) is 7. The van der Waals surface area contributed by atoms with Gasteiger partial charge in [-0.1, -0.05) is 17.5 Å². The number of nitrogens with zero attached hydrogens (tertiary/aromatic N) is 4. The van der Waals surface area contributed by atoms with Gasteiger partial charge in [-0.3, -0.25) is 4.57 Å². The van der Waals surface area contributed by atoms with Crippen LogP contribution >= 0.6 is 23.2 Å². The van der Waals surface area contributed by atoms with Gasteiger partial charge in [0.05, 0.1) is 31.3 Å². The summed E-state index contributed by atoms with van der Waals surface area (Å²) >= 11 is 12.3. The van der Waals surface area contributed by atoms with E-state index in [1.165, 1.54) is 12.5 Å². The first-order valence-electron chi connectivity index (χ1n) is 7.13. The predicted octanol–water partition coefficient (Wildman–Crippen LogP) is 0.472. The van der Waals surface area contributed by atoms with Crippen molar-refractivity contribution in [3.8, 4) is 11.3 Å². The first kappa shape index (κ1) is 17.2. The van der Waals surface area contributed by atoms with Gasteiger partial charge in [0.15, 0.2) is 16.7 Å². The molecule has 1 saturated heterocycles. The maximum absolute atomic E-state index is 9.98. The Bertz CT molecular complexity index is 818. The molecule has 2 unspecified atom stereocenters. The number of imidazole rings is 1. The smallest absolute Gasteiger partial charge is 0.222 e. The second kappa shape index (κ2) is 6.35. The third-order valence-corrected chi connectivity index (χ3v) is 4.74. The summed E-state index contributed by atoms with van der Waals surface area (Å²) in [6.45, 7) is 1.21. The van der Waals surface area contributed by atoms with E-state index in [1.54, 1.807) is 11.5 Å². The summed E-state index contributed by atoms with van der Waals surface area (Å²) in [4.78, 5) is 10.8. The van der Waals surface area contributed by atoms with E-state index in [4.69, 9.17) is 33.7 Å². The van der Waals surface area contributed by atoms with E-state index in [0.29, 0.717) is 11.2 Å². The number of halogens is 2. The van der Waals surface area contributed by atoms with E-state index >= 15 is 0 Å². The minimum Gasteiger partial charge on any atom is -0.396 e. The monoisotopic (exact) mass is 371 g/mol. The van der Waals surface area contributed by atoms with Crippen LogP contribution in [0.3, 0.4) is 0 Å². The van der Waals surface area contributed by atoms with Crippen molar-refractivity contribution in [3.63, 3.8) is 0 Å². The van der Waals surface area contributed by atoms with Gasteiger partial charge in [-0.15, -0.1) is 0 Å². The van der Waals surface area contributed by atoms with Crippen LogP contribution in [0.1, 0.15) is 13.2 Å². The molecule has 0 bridgehead atoms. The Kier molecular flexibility index (Phi) is 4.55. The number of anilines is 1. The van der Waals surface area contributed by atoms with Gasteiger partial charge in [-0.25, -0.2) is 9.97 Å². The molecule has 0 amide bonds. The fourth-order valence-electron chi connectivity index (χ4n) is 2.96. The first-order chi connectivity index (χ1) is 11.4. The van der Waals surface area contributed by atoms with Crippen molar-refractivity contribution < 1.29 is 14.9 Å². The number of aromatic nitrogens is 4. The Hall–Kier alpha value is -1.63. The molecule has 1 fully saturated rings. The van der Waals surface area contributed by atoms with Gasteiger partial charge in [0.25, 0.3) is 0 Å². The van der Waals surface area contributed by atoms with Crippen LogP contribution in [-0.2, 0) is 4.74 Å². The van der Waals surface area contributed by atoms with Crippen molar-refractivity contribution in [2.45, 2.75) is 30.2 Å². The molecule has 0 aliphatic carbocycles. The highest BCUT2D eigenvalue weighted by molar-refractivity contribution is 6.32. The van der Waals surface area contributed by atoms with E-state index in [1.807, 2.05) is 0 Å². The minimum absolute atomic E-state index is 0.0663. The van der Waals surface area contributed by atoms with Gasteiger partial charge >= 0.3 is 0 Å². The van der Waals surface area contributed by atoms with Crippen LogP contribution in [0.2, 0.25) is 0 Å². The van der Waals surface area contributed by atoms with Crippen molar-refractivity contribution >= 4 is 40.3 Å². The fraction of sp³-hybridized carbons (Fsp3) is 0.500. The standard InChI is InChI=1S/C14H15Cl2N5O3/c1-7(23)10-8(5-22)14(16,2-3-15)12(24-10)21-6-19-9-4-18-13(17)20-11(9)21/h4,6-8,10,12,22-23H,5H2,1H3,(H2,17,18,20)/t7-,8?,10+,12+,14?/m0/s1. The number of aliphatic hydroxyl groups is 2. The fourth-order valence-corrected chi connectivity index (χ4v) is 3.56. The molecule has 0 saturated carbocycles. The lowest BCUT2D eigenvalue weighted by molar-refractivity contribution is -0.0662. The molecule has 3 rings (SSSR count). The van der Waals surface area contributed by atoms with E-state index in [0.717, 1.165) is 0 Å². The van der Waals surface area contributed by atoms with Crippen LogP contribution < -0.4 is 5.73 Å². The number of hydrogen-bond donors (Lipinski definition) is 3. The molecule has 2 aromatic heterocycles. The molecule has 24 heavy (non-hydrogen) atoms. The Morgan fingerprint density at radius 3 is 2.92 bits per heavy atom. The lowest BCUT2D eigenvalue weighted by Gasteiger charge is -2.27. The Balaban J connectivity index is 2.16. The summed E-state index contributed by atoms with van der Waals surface area (Å²) in [6, 6.07) is 0. The molecule has 1 aliphatic heterocycles. The van der Waals surface area contributed by atoms with E-state index < -0.39 is 29.2 Å². The molecule has 10 heteroatoms. The lowest BCUT2D eigenvalue weighted by Crippen LogP contribution is -2.40. The van der Waals surface area contributed by atoms with E-state index in [9.17, 15) is 10.2 Å². The summed E-state index contributed by atoms with van der Waals surface area (Å²) in [5, 5.41) is 22.0. The summed E-state index contributed by atoms with van der Waals surface area (Å²) in [5.74, 6) is 2.08. The minimum atomic E-state index is -1.38. The predicted molar refractivity (Wildman–Crippen MR) is 88.1 cm³/mol. The molecule has 5 atom stereocenters. The van der Waals surface area contributed by atoms with Crippen molar-refractivity contribution in [2.24, 2.45) is 5.92 Å². The van der Waals surface area contributed by atoms with Gasteiger partial charge in [0.2, 0.25) is 5.95 Å². The van der Waals surface area contributed by atoms with Gasteiger partial charge in [0.1, 0.15) is 5.52 Å². The maximum Gasteiger partial charge on any atom is 0.222 e. The molecule has 0 aromatic carbocycles. The average molecular weight is 372 g/mol. The average Bonchev–Trinajstić information content (AvgIpc) is 3.05. The Morgan fingerprint density at radius 1 is 1.54 bits per heavy atom. The van der Waals surface area contributed by atoms with Crippen LogP contribution in [0.25, 0.3) is 11.2 Å². The van der Waals surface area contributed by atoms with Gasteiger partial charge < -0.3 is 20.7 Å². The molecule has 0 spiro atoms. The van der Waals surface area contributed by atoms with Crippen molar-refractivity contribution in [1.29, 1.82) is 0 Å². The van der Waals surface area contributed by atoms with Gasteiger partial charge in [-0.2, -0.15) is 4.98 Å². The van der Waals surface area contributed by atoms with Crippen molar-refractivity contribution in [2.75, 3.05) is 12.3 Å². The first-order valence-corrected chi connectivity index (χ1v) is 7.89. The normalized spacial score (nSPS) is 31.0.